The Hall–Kier alpha value is -2.03. The van der Waals surface area contributed by atoms with Crippen LogP contribution in [0.5, 0.6) is 5.75 Å². The van der Waals surface area contributed by atoms with Crippen LogP contribution in [0.25, 0.3) is 11.3 Å². The summed E-state index contributed by atoms with van der Waals surface area (Å²) in [6, 6.07) is 5.85. The maximum Gasteiger partial charge on any atom is 0.181 e. The molecule has 0 aliphatic rings. The molecule has 0 N–H and O–H groups in total. The van der Waals surface area contributed by atoms with E-state index in [4.69, 9.17) is 9.15 Å². The highest BCUT2D eigenvalue weighted by Crippen LogP contribution is 2.30. The fraction of sp³-hybridized carbons (Fsp3) is 0.154. The van der Waals surface area contributed by atoms with Crippen LogP contribution >= 0.6 is 0 Å². The average molecular weight is 215 g/mol. The van der Waals surface area contributed by atoms with Gasteiger partial charge in [0.05, 0.1) is 13.3 Å². The molecule has 1 heterocycles. The van der Waals surface area contributed by atoms with Gasteiger partial charge in [0.2, 0.25) is 0 Å². The summed E-state index contributed by atoms with van der Waals surface area (Å²) >= 11 is 0. The van der Waals surface area contributed by atoms with Crippen molar-refractivity contribution in [3.05, 3.63) is 49.0 Å². The van der Waals surface area contributed by atoms with Gasteiger partial charge < -0.3 is 9.15 Å². The fourth-order valence-corrected chi connectivity index (χ4v) is 1.69. The van der Waals surface area contributed by atoms with Crippen LogP contribution in [0.4, 0.5) is 0 Å². The van der Waals surface area contributed by atoms with E-state index in [-0.39, 0.29) is 0 Å². The maximum absolute atomic E-state index is 5.33. The lowest BCUT2D eigenvalue weighted by Crippen LogP contribution is -1.93. The van der Waals surface area contributed by atoms with Crippen molar-refractivity contribution < 1.29 is 9.15 Å². The number of aromatic nitrogens is 1. The van der Waals surface area contributed by atoms with Crippen molar-refractivity contribution in [2.24, 2.45) is 0 Å². The molecular weight excluding hydrogens is 202 g/mol. The Morgan fingerprint density at radius 1 is 1.50 bits per heavy atom. The van der Waals surface area contributed by atoms with E-state index in [0.717, 1.165) is 29.1 Å². The SMILES string of the molecule is C=CCc1c(OC)cccc1-c1cnco1. The molecule has 16 heavy (non-hydrogen) atoms. The van der Waals surface area contributed by atoms with Gasteiger partial charge >= 0.3 is 0 Å². The van der Waals surface area contributed by atoms with Crippen LogP contribution in [-0.2, 0) is 6.42 Å². The first-order valence-corrected chi connectivity index (χ1v) is 5.02. The first-order chi connectivity index (χ1) is 7.86. The minimum atomic E-state index is 0.736. The Labute approximate surface area is 94.4 Å². The fourth-order valence-electron chi connectivity index (χ4n) is 1.69. The van der Waals surface area contributed by atoms with Crippen LogP contribution < -0.4 is 4.74 Å². The second kappa shape index (κ2) is 4.66. The molecule has 3 nitrogen and oxygen atoms in total. The lowest BCUT2D eigenvalue weighted by molar-refractivity contribution is 0.410. The predicted octanol–water partition coefficient (Wildman–Crippen LogP) is 3.08. The van der Waals surface area contributed by atoms with Crippen molar-refractivity contribution in [2.45, 2.75) is 6.42 Å². The van der Waals surface area contributed by atoms with Crippen molar-refractivity contribution >= 4 is 0 Å². The molecule has 0 saturated heterocycles. The number of benzene rings is 1. The first-order valence-electron chi connectivity index (χ1n) is 5.02. The minimum absolute atomic E-state index is 0.736. The lowest BCUT2D eigenvalue weighted by atomic mass is 10.0. The molecule has 82 valence electrons. The number of nitrogens with zero attached hydrogens (tertiary/aromatic N) is 1. The molecule has 0 spiro atoms. The van der Waals surface area contributed by atoms with E-state index in [2.05, 4.69) is 11.6 Å². The molecule has 0 aliphatic carbocycles. The standard InChI is InChI=1S/C13H13NO2/c1-3-5-10-11(13-8-14-9-16-13)6-4-7-12(10)15-2/h3-4,6-9H,1,5H2,2H3. The van der Waals surface area contributed by atoms with Gasteiger partial charge in [0.15, 0.2) is 12.2 Å². The summed E-state index contributed by atoms with van der Waals surface area (Å²) < 4.78 is 10.6. The number of hydrogen-bond donors (Lipinski definition) is 0. The van der Waals surface area contributed by atoms with E-state index in [1.54, 1.807) is 13.3 Å². The predicted molar refractivity (Wildman–Crippen MR) is 62.4 cm³/mol. The Morgan fingerprint density at radius 3 is 3.00 bits per heavy atom. The van der Waals surface area contributed by atoms with E-state index < -0.39 is 0 Å². The number of methoxy groups -OCH3 is 1. The van der Waals surface area contributed by atoms with Crippen LogP contribution in [-0.4, -0.2) is 12.1 Å². The number of ether oxygens (including phenoxy) is 1. The Kier molecular flexibility index (Phi) is 3.05. The Balaban J connectivity index is 2.55. The second-order valence-corrected chi connectivity index (χ2v) is 3.34. The number of hydrogen-bond acceptors (Lipinski definition) is 3. The zero-order valence-corrected chi connectivity index (χ0v) is 9.14. The van der Waals surface area contributed by atoms with Crippen molar-refractivity contribution in [1.82, 2.24) is 4.98 Å². The van der Waals surface area contributed by atoms with Gasteiger partial charge in [-0.05, 0) is 12.5 Å². The smallest absolute Gasteiger partial charge is 0.181 e. The monoisotopic (exact) mass is 215 g/mol. The molecule has 1 aromatic heterocycles. The number of oxazole rings is 1. The van der Waals surface area contributed by atoms with Crippen LogP contribution in [0, 0.1) is 0 Å². The van der Waals surface area contributed by atoms with Crippen molar-refractivity contribution in [3.8, 4) is 17.1 Å². The molecular formula is C13H13NO2. The molecule has 0 radical (unpaired) electrons. The summed E-state index contributed by atoms with van der Waals surface area (Å²) in [5, 5.41) is 0. The molecule has 0 saturated carbocycles. The summed E-state index contributed by atoms with van der Waals surface area (Å²) in [4.78, 5) is 3.92. The zero-order chi connectivity index (χ0) is 11.4. The zero-order valence-electron chi connectivity index (χ0n) is 9.14. The molecule has 0 bridgehead atoms. The maximum atomic E-state index is 5.33. The van der Waals surface area contributed by atoms with E-state index in [0.29, 0.717) is 0 Å². The van der Waals surface area contributed by atoms with E-state index in [9.17, 15) is 0 Å². The molecule has 2 aromatic rings. The molecule has 0 amide bonds. The third-order valence-electron chi connectivity index (χ3n) is 2.40. The largest absolute Gasteiger partial charge is 0.496 e. The second-order valence-electron chi connectivity index (χ2n) is 3.34. The topological polar surface area (TPSA) is 35.3 Å². The molecule has 0 atom stereocenters. The average Bonchev–Trinajstić information content (AvgIpc) is 2.83. The van der Waals surface area contributed by atoms with Crippen LogP contribution in [0.1, 0.15) is 5.56 Å². The van der Waals surface area contributed by atoms with Crippen LogP contribution in [0.15, 0.2) is 47.9 Å². The van der Waals surface area contributed by atoms with E-state index in [1.165, 1.54) is 6.39 Å². The van der Waals surface area contributed by atoms with Gasteiger partial charge in [0.25, 0.3) is 0 Å². The highest BCUT2D eigenvalue weighted by atomic mass is 16.5. The molecule has 0 aliphatic heterocycles. The highest BCUT2D eigenvalue weighted by Gasteiger charge is 2.11. The van der Waals surface area contributed by atoms with Gasteiger partial charge in [-0.2, -0.15) is 0 Å². The van der Waals surface area contributed by atoms with Gasteiger partial charge in [-0.1, -0.05) is 18.2 Å². The number of rotatable bonds is 4. The van der Waals surface area contributed by atoms with E-state index >= 15 is 0 Å². The van der Waals surface area contributed by atoms with Gasteiger partial charge in [-0.15, -0.1) is 6.58 Å². The van der Waals surface area contributed by atoms with Crippen molar-refractivity contribution in [3.63, 3.8) is 0 Å². The summed E-state index contributed by atoms with van der Waals surface area (Å²) in [5.74, 6) is 1.59. The van der Waals surface area contributed by atoms with Crippen LogP contribution in [0.3, 0.4) is 0 Å². The Bertz CT molecular complexity index is 475. The quantitative estimate of drug-likeness (QED) is 0.735. The Morgan fingerprint density at radius 2 is 2.38 bits per heavy atom. The van der Waals surface area contributed by atoms with Gasteiger partial charge in [-0.25, -0.2) is 4.98 Å². The first kappa shape index (κ1) is 10.5. The highest BCUT2D eigenvalue weighted by molar-refractivity contribution is 5.65. The van der Waals surface area contributed by atoms with E-state index in [1.807, 2.05) is 24.3 Å². The van der Waals surface area contributed by atoms with Gasteiger partial charge in [0.1, 0.15) is 5.75 Å². The minimum Gasteiger partial charge on any atom is -0.496 e. The van der Waals surface area contributed by atoms with Crippen molar-refractivity contribution in [1.29, 1.82) is 0 Å². The van der Waals surface area contributed by atoms with Crippen LogP contribution in [0.2, 0.25) is 0 Å². The van der Waals surface area contributed by atoms with Gasteiger partial charge in [0, 0.05) is 11.1 Å². The lowest BCUT2D eigenvalue weighted by Gasteiger charge is -2.10. The third kappa shape index (κ3) is 1.84. The molecule has 0 fully saturated rings. The summed E-state index contributed by atoms with van der Waals surface area (Å²) in [7, 11) is 1.66. The molecule has 0 unspecified atom stereocenters. The third-order valence-corrected chi connectivity index (χ3v) is 2.40. The molecule has 1 aromatic carbocycles. The summed E-state index contributed by atoms with van der Waals surface area (Å²) in [5.41, 5.74) is 2.06. The number of allylic oxidation sites excluding steroid dienone is 1. The van der Waals surface area contributed by atoms with Crippen molar-refractivity contribution in [2.75, 3.05) is 7.11 Å². The molecule has 3 heteroatoms. The summed E-state index contributed by atoms with van der Waals surface area (Å²) in [6.07, 6.45) is 5.70. The normalized spacial score (nSPS) is 10.1. The summed E-state index contributed by atoms with van der Waals surface area (Å²) in [6.45, 7) is 3.75. The molecule has 2 rings (SSSR count). The van der Waals surface area contributed by atoms with Gasteiger partial charge in [-0.3, -0.25) is 0 Å².